The van der Waals surface area contributed by atoms with Crippen molar-refractivity contribution in [3.8, 4) is 0 Å². The fraction of sp³-hybridized carbons (Fsp3) is 0.727. The molecule has 0 aliphatic carbocycles. The maximum Gasteiger partial charge on any atom is 0.124 e. The molecule has 0 bridgehead atoms. The van der Waals surface area contributed by atoms with E-state index in [1.807, 2.05) is 30.3 Å². The maximum atomic E-state index is 9.97. The molecular formula is C22H39NO. The minimum Gasteiger partial charge on any atom is -0.374 e. The smallest absolute Gasteiger partial charge is 0.124 e. The molecule has 0 saturated carbocycles. The van der Waals surface area contributed by atoms with E-state index in [0.29, 0.717) is 0 Å². The molecule has 1 aromatic carbocycles. The second-order valence-electron chi connectivity index (χ2n) is 7.06. The van der Waals surface area contributed by atoms with E-state index < -0.39 is 6.23 Å². The van der Waals surface area contributed by atoms with Crippen LogP contribution in [0.5, 0.6) is 0 Å². The molecule has 0 aliphatic heterocycles. The fourth-order valence-corrected chi connectivity index (χ4v) is 3.15. The summed E-state index contributed by atoms with van der Waals surface area (Å²) in [6, 6.07) is 9.95. The van der Waals surface area contributed by atoms with Crippen molar-refractivity contribution in [3.63, 3.8) is 0 Å². The molecule has 1 rings (SSSR count). The topological polar surface area (TPSA) is 32.3 Å². The third-order valence-corrected chi connectivity index (χ3v) is 4.69. The molecule has 0 aliphatic rings. The Morgan fingerprint density at radius 1 is 0.708 bits per heavy atom. The third-order valence-electron chi connectivity index (χ3n) is 4.69. The molecule has 1 aromatic rings. The van der Waals surface area contributed by atoms with Crippen LogP contribution < -0.4 is 5.32 Å². The van der Waals surface area contributed by atoms with Gasteiger partial charge in [-0.25, -0.2) is 0 Å². The van der Waals surface area contributed by atoms with E-state index in [1.165, 1.54) is 77.0 Å². The van der Waals surface area contributed by atoms with Gasteiger partial charge in [0.1, 0.15) is 6.23 Å². The summed E-state index contributed by atoms with van der Waals surface area (Å²) in [6.45, 7) is 2.28. The second-order valence-corrected chi connectivity index (χ2v) is 7.06. The molecule has 0 spiro atoms. The van der Waals surface area contributed by atoms with E-state index in [-0.39, 0.29) is 0 Å². The molecule has 2 N–H and O–H groups in total. The Hall–Kier alpha value is -1.02. The summed E-state index contributed by atoms with van der Waals surface area (Å²) in [6.07, 6.45) is 18.2. The molecule has 0 saturated heterocycles. The van der Waals surface area contributed by atoms with Gasteiger partial charge in [-0.3, -0.25) is 0 Å². The van der Waals surface area contributed by atoms with Crippen LogP contribution >= 0.6 is 0 Å². The van der Waals surface area contributed by atoms with E-state index in [9.17, 15) is 5.11 Å². The van der Waals surface area contributed by atoms with Crippen LogP contribution in [0.1, 0.15) is 96.8 Å². The highest BCUT2D eigenvalue weighted by Crippen LogP contribution is 2.14. The summed E-state index contributed by atoms with van der Waals surface area (Å²) in [5, 5.41) is 13.1. The van der Waals surface area contributed by atoms with Crippen LogP contribution in [0.25, 0.3) is 0 Å². The first-order valence-corrected chi connectivity index (χ1v) is 10.3. The minimum atomic E-state index is -0.417. The SMILES string of the molecule is CCCCCCCCCCCCCCCC(O)Nc1ccccc1. The van der Waals surface area contributed by atoms with Crippen LogP contribution in [-0.2, 0) is 0 Å². The summed E-state index contributed by atoms with van der Waals surface area (Å²) in [5.74, 6) is 0. The molecule has 0 fully saturated rings. The van der Waals surface area contributed by atoms with Crippen molar-refractivity contribution in [3.05, 3.63) is 30.3 Å². The van der Waals surface area contributed by atoms with Crippen LogP contribution in [0.2, 0.25) is 0 Å². The number of aliphatic hydroxyl groups excluding tert-OH is 1. The van der Waals surface area contributed by atoms with Gasteiger partial charge in [-0.05, 0) is 25.0 Å². The third kappa shape index (κ3) is 12.4. The molecule has 2 nitrogen and oxygen atoms in total. The van der Waals surface area contributed by atoms with E-state index in [4.69, 9.17) is 0 Å². The van der Waals surface area contributed by atoms with Gasteiger partial charge >= 0.3 is 0 Å². The summed E-state index contributed by atoms with van der Waals surface area (Å²) < 4.78 is 0. The van der Waals surface area contributed by atoms with Crippen molar-refractivity contribution in [2.45, 2.75) is 103 Å². The molecular weight excluding hydrogens is 294 g/mol. The lowest BCUT2D eigenvalue weighted by Crippen LogP contribution is -2.18. The fourth-order valence-electron chi connectivity index (χ4n) is 3.15. The van der Waals surface area contributed by atoms with Crippen LogP contribution in [0, 0.1) is 0 Å². The van der Waals surface area contributed by atoms with Gasteiger partial charge < -0.3 is 10.4 Å². The number of benzene rings is 1. The van der Waals surface area contributed by atoms with Crippen molar-refractivity contribution in [2.24, 2.45) is 0 Å². The van der Waals surface area contributed by atoms with Gasteiger partial charge in [-0.1, -0.05) is 102 Å². The quantitative estimate of drug-likeness (QED) is 0.255. The van der Waals surface area contributed by atoms with Gasteiger partial charge in [0.05, 0.1) is 0 Å². The molecule has 0 amide bonds. The predicted octanol–water partition coefficient (Wildman–Crippen LogP) is 6.90. The number of hydrogen-bond acceptors (Lipinski definition) is 2. The average Bonchev–Trinajstić information content (AvgIpc) is 2.60. The Bertz CT molecular complexity index is 365. The van der Waals surface area contributed by atoms with Crippen LogP contribution in [-0.4, -0.2) is 11.3 Å². The highest BCUT2D eigenvalue weighted by Gasteiger charge is 2.02. The van der Waals surface area contributed by atoms with Crippen molar-refractivity contribution in [2.75, 3.05) is 5.32 Å². The Balaban J connectivity index is 1.80. The van der Waals surface area contributed by atoms with Crippen LogP contribution in [0.15, 0.2) is 30.3 Å². The van der Waals surface area contributed by atoms with E-state index in [2.05, 4.69) is 12.2 Å². The molecule has 138 valence electrons. The molecule has 0 heterocycles. The highest BCUT2D eigenvalue weighted by atomic mass is 16.3. The maximum absolute atomic E-state index is 9.97. The first kappa shape index (κ1) is 21.0. The molecule has 1 atom stereocenters. The first-order valence-electron chi connectivity index (χ1n) is 10.3. The zero-order chi connectivity index (χ0) is 17.3. The van der Waals surface area contributed by atoms with Crippen LogP contribution in [0.4, 0.5) is 5.69 Å². The van der Waals surface area contributed by atoms with E-state index >= 15 is 0 Å². The highest BCUT2D eigenvalue weighted by molar-refractivity contribution is 5.42. The zero-order valence-electron chi connectivity index (χ0n) is 15.8. The van der Waals surface area contributed by atoms with Crippen molar-refractivity contribution >= 4 is 5.69 Å². The largest absolute Gasteiger partial charge is 0.374 e. The van der Waals surface area contributed by atoms with Gasteiger partial charge in [-0.15, -0.1) is 0 Å². The number of anilines is 1. The van der Waals surface area contributed by atoms with Gasteiger partial charge in [0.2, 0.25) is 0 Å². The zero-order valence-corrected chi connectivity index (χ0v) is 15.8. The summed E-state index contributed by atoms with van der Waals surface area (Å²) in [7, 11) is 0. The Morgan fingerprint density at radius 2 is 1.17 bits per heavy atom. The number of hydrogen-bond donors (Lipinski definition) is 2. The Morgan fingerprint density at radius 3 is 1.67 bits per heavy atom. The van der Waals surface area contributed by atoms with Crippen molar-refractivity contribution in [1.82, 2.24) is 0 Å². The monoisotopic (exact) mass is 333 g/mol. The van der Waals surface area contributed by atoms with Crippen LogP contribution in [0.3, 0.4) is 0 Å². The number of nitrogens with one attached hydrogen (secondary N) is 1. The predicted molar refractivity (Wildman–Crippen MR) is 106 cm³/mol. The summed E-state index contributed by atoms with van der Waals surface area (Å²) in [5.41, 5.74) is 1.000. The summed E-state index contributed by atoms with van der Waals surface area (Å²) in [4.78, 5) is 0. The molecule has 2 heteroatoms. The number of rotatable bonds is 16. The van der Waals surface area contributed by atoms with Crippen molar-refractivity contribution in [1.29, 1.82) is 0 Å². The lowest BCUT2D eigenvalue weighted by molar-refractivity contribution is 0.188. The average molecular weight is 334 g/mol. The molecule has 1 unspecified atom stereocenters. The first-order chi connectivity index (χ1) is 11.8. The number of unbranched alkanes of at least 4 members (excludes halogenated alkanes) is 12. The lowest BCUT2D eigenvalue weighted by Gasteiger charge is -2.13. The Kier molecular flexibility index (Phi) is 13.6. The minimum absolute atomic E-state index is 0.417. The molecule has 24 heavy (non-hydrogen) atoms. The second kappa shape index (κ2) is 15.5. The molecule has 0 aromatic heterocycles. The summed E-state index contributed by atoms with van der Waals surface area (Å²) >= 11 is 0. The normalized spacial score (nSPS) is 12.2. The van der Waals surface area contributed by atoms with Gasteiger partial charge in [-0.2, -0.15) is 0 Å². The lowest BCUT2D eigenvalue weighted by atomic mass is 10.0. The number of para-hydroxylation sites is 1. The van der Waals surface area contributed by atoms with E-state index in [1.54, 1.807) is 0 Å². The van der Waals surface area contributed by atoms with Gasteiger partial charge in [0.15, 0.2) is 0 Å². The standard InChI is InChI=1S/C22H39NO/c1-2-3-4-5-6-7-8-9-10-11-12-13-17-20-22(24)23-21-18-15-14-16-19-21/h14-16,18-19,22-24H,2-13,17,20H2,1H3. The Labute approximate surface area is 150 Å². The van der Waals surface area contributed by atoms with E-state index in [0.717, 1.165) is 18.5 Å². The number of aliphatic hydroxyl groups is 1. The van der Waals surface area contributed by atoms with Gasteiger partial charge in [0, 0.05) is 5.69 Å². The van der Waals surface area contributed by atoms with Crippen molar-refractivity contribution < 1.29 is 5.11 Å². The molecule has 0 radical (unpaired) electrons. The van der Waals surface area contributed by atoms with Gasteiger partial charge in [0.25, 0.3) is 0 Å².